The molecule has 3 aromatic rings. The number of H-pyrrole nitrogens is 1. The van der Waals surface area contributed by atoms with E-state index in [0.717, 1.165) is 22.0 Å². The number of fused-ring (bicyclic) bond motifs is 1. The number of aromatic nitrogens is 2. The average Bonchev–Trinajstić information content (AvgIpc) is 2.85. The SMILES string of the molecule is NC(=O)c1ccccc1-c1ccc2cn[nH]c2c1. The average molecular weight is 237 g/mol. The Bertz CT molecular complexity index is 730. The molecule has 1 aromatic heterocycles. The molecule has 0 bridgehead atoms. The predicted octanol–water partition coefficient (Wildman–Crippen LogP) is 2.33. The highest BCUT2D eigenvalue weighted by Gasteiger charge is 2.09. The van der Waals surface area contributed by atoms with Gasteiger partial charge in [-0.2, -0.15) is 5.10 Å². The summed E-state index contributed by atoms with van der Waals surface area (Å²) in [5, 5.41) is 7.93. The number of primary amides is 1. The van der Waals surface area contributed by atoms with Crippen molar-refractivity contribution in [1.29, 1.82) is 0 Å². The van der Waals surface area contributed by atoms with Crippen LogP contribution in [0.15, 0.2) is 48.7 Å². The second kappa shape index (κ2) is 4.00. The number of nitrogens with two attached hydrogens (primary N) is 1. The van der Waals surface area contributed by atoms with Gasteiger partial charge in [-0.15, -0.1) is 0 Å². The van der Waals surface area contributed by atoms with E-state index in [4.69, 9.17) is 5.73 Å². The van der Waals surface area contributed by atoms with Crippen molar-refractivity contribution >= 4 is 16.8 Å². The van der Waals surface area contributed by atoms with Gasteiger partial charge in [-0.05, 0) is 23.3 Å². The van der Waals surface area contributed by atoms with Crippen LogP contribution >= 0.6 is 0 Å². The fraction of sp³-hybridized carbons (Fsp3) is 0. The molecule has 0 aliphatic heterocycles. The lowest BCUT2D eigenvalue weighted by molar-refractivity contribution is 0.100. The second-order valence-electron chi connectivity index (χ2n) is 4.08. The molecule has 0 spiro atoms. The lowest BCUT2D eigenvalue weighted by Crippen LogP contribution is -2.12. The van der Waals surface area contributed by atoms with Crippen molar-refractivity contribution in [2.45, 2.75) is 0 Å². The zero-order chi connectivity index (χ0) is 12.5. The Hall–Kier alpha value is -2.62. The fourth-order valence-corrected chi connectivity index (χ4v) is 2.05. The van der Waals surface area contributed by atoms with Gasteiger partial charge in [-0.25, -0.2) is 0 Å². The molecule has 1 heterocycles. The highest BCUT2D eigenvalue weighted by Crippen LogP contribution is 2.26. The van der Waals surface area contributed by atoms with Gasteiger partial charge in [-0.3, -0.25) is 9.89 Å². The Kier molecular flexibility index (Phi) is 2.34. The van der Waals surface area contributed by atoms with Crippen LogP contribution in [0.5, 0.6) is 0 Å². The lowest BCUT2D eigenvalue weighted by atomic mass is 9.98. The number of aromatic amines is 1. The summed E-state index contributed by atoms with van der Waals surface area (Å²) in [7, 11) is 0. The van der Waals surface area contributed by atoms with Crippen molar-refractivity contribution in [1.82, 2.24) is 10.2 Å². The van der Waals surface area contributed by atoms with Crippen LogP contribution in [0.2, 0.25) is 0 Å². The summed E-state index contributed by atoms with van der Waals surface area (Å²) < 4.78 is 0. The number of carbonyl (C=O) groups excluding carboxylic acids is 1. The molecule has 3 N–H and O–H groups in total. The molecule has 0 aliphatic rings. The minimum absolute atomic E-state index is 0.421. The predicted molar refractivity (Wildman–Crippen MR) is 70.0 cm³/mol. The summed E-state index contributed by atoms with van der Waals surface area (Å²) >= 11 is 0. The van der Waals surface area contributed by atoms with Gasteiger partial charge in [0.15, 0.2) is 0 Å². The third-order valence-corrected chi connectivity index (χ3v) is 2.95. The van der Waals surface area contributed by atoms with Crippen LogP contribution in [-0.2, 0) is 0 Å². The van der Waals surface area contributed by atoms with E-state index >= 15 is 0 Å². The summed E-state index contributed by atoms with van der Waals surface area (Å²) in [6, 6.07) is 13.2. The highest BCUT2D eigenvalue weighted by molar-refractivity contribution is 6.00. The fourth-order valence-electron chi connectivity index (χ4n) is 2.05. The Morgan fingerprint density at radius 1 is 1.17 bits per heavy atom. The first-order chi connectivity index (χ1) is 8.75. The van der Waals surface area contributed by atoms with Crippen LogP contribution in [0.3, 0.4) is 0 Å². The lowest BCUT2D eigenvalue weighted by Gasteiger charge is -2.06. The minimum Gasteiger partial charge on any atom is -0.366 e. The minimum atomic E-state index is -0.421. The van der Waals surface area contributed by atoms with Crippen molar-refractivity contribution in [3.8, 4) is 11.1 Å². The Morgan fingerprint density at radius 2 is 2.00 bits per heavy atom. The molecule has 0 radical (unpaired) electrons. The molecule has 4 nitrogen and oxygen atoms in total. The number of amides is 1. The van der Waals surface area contributed by atoms with E-state index in [9.17, 15) is 4.79 Å². The van der Waals surface area contributed by atoms with E-state index in [0.29, 0.717) is 5.56 Å². The van der Waals surface area contributed by atoms with Crippen molar-refractivity contribution in [3.05, 3.63) is 54.2 Å². The van der Waals surface area contributed by atoms with E-state index in [2.05, 4.69) is 10.2 Å². The quantitative estimate of drug-likeness (QED) is 0.718. The first-order valence-corrected chi connectivity index (χ1v) is 5.58. The molecule has 0 atom stereocenters. The van der Waals surface area contributed by atoms with Crippen molar-refractivity contribution in [2.75, 3.05) is 0 Å². The molecule has 88 valence electrons. The van der Waals surface area contributed by atoms with Crippen molar-refractivity contribution < 1.29 is 4.79 Å². The van der Waals surface area contributed by atoms with Crippen LogP contribution in [0.25, 0.3) is 22.0 Å². The molecular weight excluding hydrogens is 226 g/mol. The molecule has 2 aromatic carbocycles. The van der Waals surface area contributed by atoms with Crippen LogP contribution in [0, 0.1) is 0 Å². The maximum atomic E-state index is 11.4. The van der Waals surface area contributed by atoms with E-state index < -0.39 is 5.91 Å². The van der Waals surface area contributed by atoms with Gasteiger partial charge in [0.25, 0.3) is 0 Å². The summed E-state index contributed by atoms with van der Waals surface area (Å²) in [6.45, 7) is 0. The summed E-state index contributed by atoms with van der Waals surface area (Å²) in [6.07, 6.45) is 1.76. The third-order valence-electron chi connectivity index (χ3n) is 2.95. The maximum absolute atomic E-state index is 11.4. The van der Waals surface area contributed by atoms with Gasteiger partial charge in [0.2, 0.25) is 5.91 Å². The van der Waals surface area contributed by atoms with Crippen molar-refractivity contribution in [2.24, 2.45) is 5.73 Å². The van der Waals surface area contributed by atoms with Crippen LogP contribution in [0.4, 0.5) is 0 Å². The first kappa shape index (κ1) is 10.5. The molecule has 3 rings (SSSR count). The molecule has 0 unspecified atom stereocenters. The Morgan fingerprint density at radius 3 is 2.83 bits per heavy atom. The molecule has 0 saturated carbocycles. The zero-order valence-electron chi connectivity index (χ0n) is 9.55. The largest absolute Gasteiger partial charge is 0.366 e. The molecule has 1 amide bonds. The summed E-state index contributed by atoms with van der Waals surface area (Å²) in [5.41, 5.74) is 8.63. The molecule has 0 aliphatic carbocycles. The van der Waals surface area contributed by atoms with Gasteiger partial charge >= 0.3 is 0 Å². The molecule has 4 heteroatoms. The number of hydrogen-bond donors (Lipinski definition) is 2. The number of benzene rings is 2. The Labute approximate surface area is 103 Å². The highest BCUT2D eigenvalue weighted by atomic mass is 16.1. The Balaban J connectivity index is 2.22. The van der Waals surface area contributed by atoms with E-state index in [1.807, 2.05) is 30.3 Å². The van der Waals surface area contributed by atoms with Crippen LogP contribution in [0.1, 0.15) is 10.4 Å². The van der Waals surface area contributed by atoms with Gasteiger partial charge in [0, 0.05) is 10.9 Å². The van der Waals surface area contributed by atoms with Crippen molar-refractivity contribution in [3.63, 3.8) is 0 Å². The number of carbonyl (C=O) groups is 1. The molecular formula is C14H11N3O. The van der Waals surface area contributed by atoms with Gasteiger partial charge in [0.1, 0.15) is 0 Å². The summed E-state index contributed by atoms with van der Waals surface area (Å²) in [4.78, 5) is 11.4. The first-order valence-electron chi connectivity index (χ1n) is 5.58. The van der Waals surface area contributed by atoms with Gasteiger partial charge in [-0.1, -0.05) is 30.3 Å². The van der Waals surface area contributed by atoms with Crippen LogP contribution in [-0.4, -0.2) is 16.1 Å². The standard InChI is InChI=1S/C14H11N3O/c15-14(18)12-4-2-1-3-11(12)9-5-6-10-8-16-17-13(10)7-9/h1-8H,(H2,15,18)(H,16,17). The number of hydrogen-bond acceptors (Lipinski definition) is 2. The van der Waals surface area contributed by atoms with E-state index in [1.54, 1.807) is 18.3 Å². The smallest absolute Gasteiger partial charge is 0.249 e. The molecule has 18 heavy (non-hydrogen) atoms. The third kappa shape index (κ3) is 1.64. The second-order valence-corrected chi connectivity index (χ2v) is 4.08. The van der Waals surface area contributed by atoms with Gasteiger partial charge in [0.05, 0.1) is 11.7 Å². The molecule has 0 saturated heterocycles. The zero-order valence-corrected chi connectivity index (χ0v) is 9.55. The van der Waals surface area contributed by atoms with E-state index in [-0.39, 0.29) is 0 Å². The van der Waals surface area contributed by atoms with Crippen LogP contribution < -0.4 is 5.73 Å². The number of rotatable bonds is 2. The maximum Gasteiger partial charge on any atom is 0.249 e. The van der Waals surface area contributed by atoms with Gasteiger partial charge < -0.3 is 5.73 Å². The topological polar surface area (TPSA) is 71.8 Å². The summed E-state index contributed by atoms with van der Waals surface area (Å²) in [5.74, 6) is -0.421. The number of nitrogens with zero attached hydrogens (tertiary/aromatic N) is 1. The normalized spacial score (nSPS) is 10.7. The van der Waals surface area contributed by atoms with E-state index in [1.165, 1.54) is 0 Å². The molecule has 0 fully saturated rings. The number of nitrogens with one attached hydrogen (secondary N) is 1. The monoisotopic (exact) mass is 237 g/mol.